The van der Waals surface area contributed by atoms with Crippen LogP contribution in [0.1, 0.15) is 36.8 Å². The molecule has 0 atom stereocenters. The lowest BCUT2D eigenvalue weighted by atomic mass is 9.71. The van der Waals surface area contributed by atoms with Crippen molar-refractivity contribution in [3.8, 4) is 6.07 Å². The number of carbonyl (C=O) groups is 1. The first-order valence-corrected chi connectivity index (χ1v) is 10.9. The Labute approximate surface area is 182 Å². The second-order valence-corrected chi connectivity index (χ2v) is 8.63. The van der Waals surface area contributed by atoms with Crippen LogP contribution in [0.3, 0.4) is 0 Å². The van der Waals surface area contributed by atoms with Crippen molar-refractivity contribution in [2.24, 2.45) is 5.41 Å². The van der Waals surface area contributed by atoms with Gasteiger partial charge in [0.25, 0.3) is 0 Å². The first kappa shape index (κ1) is 19.5. The van der Waals surface area contributed by atoms with E-state index in [0.717, 1.165) is 67.7 Å². The molecule has 0 N–H and O–H groups in total. The molecule has 2 aliphatic heterocycles. The summed E-state index contributed by atoms with van der Waals surface area (Å²) < 4.78 is 0. The summed E-state index contributed by atoms with van der Waals surface area (Å²) >= 11 is 0. The SMILES string of the molecule is N#Cc1cccc(CN2CCCC3(CCN(c4cnc5ccccc5n4)CC3)C2=O)c1. The number of benzene rings is 2. The number of piperidine rings is 2. The van der Waals surface area contributed by atoms with E-state index in [4.69, 9.17) is 10.2 Å². The zero-order valence-corrected chi connectivity index (χ0v) is 17.5. The highest BCUT2D eigenvalue weighted by Gasteiger charge is 2.45. The van der Waals surface area contributed by atoms with Crippen LogP contribution in [0.2, 0.25) is 0 Å². The first-order chi connectivity index (χ1) is 15.2. The third-order valence-electron chi connectivity index (χ3n) is 6.73. The summed E-state index contributed by atoms with van der Waals surface area (Å²) in [5, 5.41) is 9.15. The molecule has 1 amide bonds. The average Bonchev–Trinajstić information content (AvgIpc) is 2.82. The van der Waals surface area contributed by atoms with Gasteiger partial charge in [-0.1, -0.05) is 24.3 Å². The minimum absolute atomic E-state index is 0.269. The quantitative estimate of drug-likeness (QED) is 0.653. The summed E-state index contributed by atoms with van der Waals surface area (Å²) in [6.07, 6.45) is 5.51. The first-order valence-electron chi connectivity index (χ1n) is 10.9. The molecular formula is C25H25N5O. The van der Waals surface area contributed by atoms with Gasteiger partial charge in [0.2, 0.25) is 5.91 Å². The van der Waals surface area contributed by atoms with Crippen molar-refractivity contribution >= 4 is 22.8 Å². The molecule has 3 heterocycles. The fourth-order valence-corrected chi connectivity index (χ4v) is 4.99. The smallest absolute Gasteiger partial charge is 0.229 e. The normalized spacial score (nSPS) is 18.4. The number of amides is 1. The molecule has 31 heavy (non-hydrogen) atoms. The van der Waals surface area contributed by atoms with Gasteiger partial charge in [-0.3, -0.25) is 9.78 Å². The molecule has 0 unspecified atom stereocenters. The van der Waals surface area contributed by atoms with Gasteiger partial charge in [0, 0.05) is 26.2 Å². The van der Waals surface area contributed by atoms with Crippen molar-refractivity contribution in [3.63, 3.8) is 0 Å². The minimum atomic E-state index is -0.272. The third kappa shape index (κ3) is 3.72. The minimum Gasteiger partial charge on any atom is -0.355 e. The largest absolute Gasteiger partial charge is 0.355 e. The monoisotopic (exact) mass is 411 g/mol. The van der Waals surface area contributed by atoms with Crippen LogP contribution in [0, 0.1) is 16.7 Å². The molecule has 2 aliphatic rings. The lowest BCUT2D eigenvalue weighted by Crippen LogP contribution is -2.53. The Bertz CT molecular complexity index is 1160. The topological polar surface area (TPSA) is 73.1 Å². The number of hydrogen-bond acceptors (Lipinski definition) is 5. The molecule has 6 nitrogen and oxygen atoms in total. The third-order valence-corrected chi connectivity index (χ3v) is 6.73. The molecule has 0 saturated carbocycles. The van der Waals surface area contributed by atoms with E-state index in [1.165, 1.54) is 0 Å². The molecule has 0 radical (unpaired) electrons. The molecule has 5 rings (SSSR count). The predicted molar refractivity (Wildman–Crippen MR) is 119 cm³/mol. The van der Waals surface area contributed by atoms with Crippen LogP contribution in [-0.2, 0) is 11.3 Å². The zero-order valence-electron chi connectivity index (χ0n) is 17.5. The van der Waals surface area contributed by atoms with Gasteiger partial charge in [-0.25, -0.2) is 4.98 Å². The van der Waals surface area contributed by atoms with Crippen LogP contribution in [0.5, 0.6) is 0 Å². The number of nitrogens with zero attached hydrogens (tertiary/aromatic N) is 5. The van der Waals surface area contributed by atoms with Crippen molar-refractivity contribution in [3.05, 3.63) is 65.9 Å². The molecule has 0 bridgehead atoms. The molecular weight excluding hydrogens is 386 g/mol. The summed E-state index contributed by atoms with van der Waals surface area (Å²) in [5.41, 5.74) is 3.19. The van der Waals surface area contributed by atoms with Gasteiger partial charge in [-0.2, -0.15) is 5.26 Å². The maximum absolute atomic E-state index is 13.5. The van der Waals surface area contributed by atoms with E-state index in [-0.39, 0.29) is 11.3 Å². The number of para-hydroxylation sites is 2. The second kappa shape index (κ2) is 7.99. The molecule has 6 heteroatoms. The van der Waals surface area contributed by atoms with E-state index in [0.29, 0.717) is 12.1 Å². The molecule has 1 spiro atoms. The fourth-order valence-electron chi connectivity index (χ4n) is 4.99. The van der Waals surface area contributed by atoms with Crippen LogP contribution in [0.15, 0.2) is 54.7 Å². The Hall–Kier alpha value is -3.46. The number of hydrogen-bond donors (Lipinski definition) is 0. The number of nitriles is 1. The Kier molecular flexibility index (Phi) is 5.03. The summed E-state index contributed by atoms with van der Waals surface area (Å²) in [5.74, 6) is 1.16. The average molecular weight is 412 g/mol. The highest BCUT2D eigenvalue weighted by molar-refractivity contribution is 5.84. The van der Waals surface area contributed by atoms with Crippen molar-refractivity contribution in [1.29, 1.82) is 5.26 Å². The molecule has 2 saturated heterocycles. The maximum Gasteiger partial charge on any atom is 0.229 e. The van der Waals surface area contributed by atoms with Crippen LogP contribution in [-0.4, -0.2) is 40.4 Å². The van der Waals surface area contributed by atoms with Gasteiger partial charge in [0.1, 0.15) is 5.82 Å². The molecule has 0 aliphatic carbocycles. The molecule has 2 aromatic carbocycles. The second-order valence-electron chi connectivity index (χ2n) is 8.63. The van der Waals surface area contributed by atoms with Gasteiger partial charge in [0.15, 0.2) is 0 Å². The number of likely N-dealkylation sites (tertiary alicyclic amines) is 1. The zero-order chi connectivity index (χ0) is 21.3. The van der Waals surface area contributed by atoms with Crippen molar-refractivity contribution < 1.29 is 4.79 Å². The summed E-state index contributed by atoms with van der Waals surface area (Å²) in [6, 6.07) is 17.7. The summed E-state index contributed by atoms with van der Waals surface area (Å²) in [7, 11) is 0. The Morgan fingerprint density at radius 3 is 2.61 bits per heavy atom. The van der Waals surface area contributed by atoms with Gasteiger partial charge >= 0.3 is 0 Å². The van der Waals surface area contributed by atoms with Crippen molar-refractivity contribution in [1.82, 2.24) is 14.9 Å². The standard InChI is InChI=1S/C25H25N5O/c26-16-19-5-3-6-20(15-19)18-30-12-4-9-25(24(30)31)10-13-29(14-11-25)23-17-27-21-7-1-2-8-22(21)28-23/h1-3,5-8,15,17H,4,9-14,18H2. The van der Waals surface area contributed by atoms with Gasteiger partial charge < -0.3 is 9.80 Å². The molecule has 1 aromatic heterocycles. The van der Waals surface area contributed by atoms with Crippen LogP contribution < -0.4 is 4.90 Å². The van der Waals surface area contributed by atoms with E-state index in [1.807, 2.05) is 53.6 Å². The Morgan fingerprint density at radius 1 is 1.00 bits per heavy atom. The number of fused-ring (bicyclic) bond motifs is 1. The lowest BCUT2D eigenvalue weighted by Gasteiger charge is -2.46. The number of aromatic nitrogens is 2. The maximum atomic E-state index is 13.5. The predicted octanol–water partition coefficient (Wildman–Crippen LogP) is 3.91. The summed E-state index contributed by atoms with van der Waals surface area (Å²) in [4.78, 5) is 27.1. The van der Waals surface area contributed by atoms with Gasteiger partial charge in [-0.05, 0) is 55.5 Å². The number of carbonyl (C=O) groups excluding carboxylic acids is 1. The van der Waals surface area contributed by atoms with E-state index in [9.17, 15) is 4.79 Å². The highest BCUT2D eigenvalue weighted by Crippen LogP contribution is 2.42. The van der Waals surface area contributed by atoms with E-state index >= 15 is 0 Å². The van der Waals surface area contributed by atoms with Gasteiger partial charge in [-0.15, -0.1) is 0 Å². The van der Waals surface area contributed by atoms with Crippen LogP contribution in [0.4, 0.5) is 5.82 Å². The Balaban J connectivity index is 1.29. The van der Waals surface area contributed by atoms with Gasteiger partial charge in [0.05, 0.1) is 34.3 Å². The van der Waals surface area contributed by atoms with E-state index < -0.39 is 0 Å². The fraction of sp³-hybridized carbons (Fsp3) is 0.360. The Morgan fingerprint density at radius 2 is 1.81 bits per heavy atom. The number of rotatable bonds is 3. The lowest BCUT2D eigenvalue weighted by molar-refractivity contribution is -0.148. The van der Waals surface area contributed by atoms with E-state index in [2.05, 4.69) is 16.0 Å². The van der Waals surface area contributed by atoms with Crippen molar-refractivity contribution in [2.45, 2.75) is 32.2 Å². The molecule has 156 valence electrons. The van der Waals surface area contributed by atoms with E-state index in [1.54, 1.807) is 6.07 Å². The number of anilines is 1. The molecule has 2 fully saturated rings. The highest BCUT2D eigenvalue weighted by atomic mass is 16.2. The van der Waals surface area contributed by atoms with Crippen LogP contribution in [0.25, 0.3) is 11.0 Å². The van der Waals surface area contributed by atoms with Crippen LogP contribution >= 0.6 is 0 Å². The summed E-state index contributed by atoms with van der Waals surface area (Å²) in [6.45, 7) is 3.00. The van der Waals surface area contributed by atoms with Crippen molar-refractivity contribution in [2.75, 3.05) is 24.5 Å². The molecule has 3 aromatic rings.